The number of hydrogen-bond donors (Lipinski definition) is 2. The molecule has 3 rings (SSSR count). The lowest BCUT2D eigenvalue weighted by atomic mass is 9.90. The topological polar surface area (TPSA) is 38.0 Å². The molecule has 0 aliphatic carbocycles. The zero-order chi connectivity index (χ0) is 14.5. The van der Waals surface area contributed by atoms with Crippen LogP contribution in [0.5, 0.6) is 0 Å². The minimum atomic E-state index is 0.366. The Balaban J connectivity index is 1.59. The SMILES string of the molecule is NNC(CCCc1ccccc1)C1CSc2ccccc21. The number of thioether (sulfide) groups is 1. The molecule has 0 saturated carbocycles. The van der Waals surface area contributed by atoms with Crippen molar-refractivity contribution >= 4 is 11.8 Å². The second-order valence-corrected chi connectivity index (χ2v) is 6.67. The Kier molecular flexibility index (Phi) is 4.96. The maximum absolute atomic E-state index is 5.83. The number of benzene rings is 2. The zero-order valence-electron chi connectivity index (χ0n) is 12.2. The molecular weight excluding hydrogens is 276 g/mol. The fourth-order valence-electron chi connectivity index (χ4n) is 3.09. The molecular formula is C18H22N2S. The number of nitrogens with two attached hydrogens (primary N) is 1. The number of rotatable bonds is 6. The summed E-state index contributed by atoms with van der Waals surface area (Å²) >= 11 is 1.95. The van der Waals surface area contributed by atoms with Gasteiger partial charge in [-0.05, 0) is 36.5 Å². The summed E-state index contributed by atoms with van der Waals surface area (Å²) in [5.41, 5.74) is 5.93. The van der Waals surface area contributed by atoms with Crippen LogP contribution in [-0.4, -0.2) is 11.8 Å². The number of hydrazine groups is 1. The minimum absolute atomic E-state index is 0.366. The molecule has 0 radical (unpaired) electrons. The van der Waals surface area contributed by atoms with Crippen molar-refractivity contribution in [3.05, 3.63) is 65.7 Å². The number of fused-ring (bicyclic) bond motifs is 1. The smallest absolute Gasteiger partial charge is 0.0287 e. The first-order valence-corrected chi connectivity index (χ1v) is 8.59. The van der Waals surface area contributed by atoms with Crippen LogP contribution in [0, 0.1) is 0 Å². The zero-order valence-corrected chi connectivity index (χ0v) is 13.0. The van der Waals surface area contributed by atoms with Crippen molar-refractivity contribution in [2.24, 2.45) is 5.84 Å². The molecule has 1 aliphatic heterocycles. The molecule has 0 spiro atoms. The van der Waals surface area contributed by atoms with E-state index in [0.717, 1.165) is 18.6 Å². The van der Waals surface area contributed by atoms with E-state index in [0.29, 0.717) is 12.0 Å². The molecule has 0 bridgehead atoms. The van der Waals surface area contributed by atoms with E-state index in [1.807, 2.05) is 11.8 Å². The average Bonchev–Trinajstić information content (AvgIpc) is 2.97. The summed E-state index contributed by atoms with van der Waals surface area (Å²) in [7, 11) is 0. The van der Waals surface area contributed by atoms with Crippen LogP contribution in [0.25, 0.3) is 0 Å². The van der Waals surface area contributed by atoms with Gasteiger partial charge in [0.2, 0.25) is 0 Å². The Morgan fingerprint density at radius 3 is 2.67 bits per heavy atom. The molecule has 1 aliphatic rings. The molecule has 2 nitrogen and oxygen atoms in total. The van der Waals surface area contributed by atoms with E-state index in [9.17, 15) is 0 Å². The van der Waals surface area contributed by atoms with Gasteiger partial charge in [0.05, 0.1) is 0 Å². The van der Waals surface area contributed by atoms with E-state index in [4.69, 9.17) is 5.84 Å². The molecule has 110 valence electrons. The van der Waals surface area contributed by atoms with Crippen molar-refractivity contribution in [2.45, 2.75) is 36.1 Å². The standard InChI is InChI=1S/C18H22N2S/c19-20-17(11-6-9-14-7-2-1-3-8-14)16-13-21-18-12-5-4-10-15(16)18/h1-5,7-8,10,12,16-17,20H,6,9,11,13,19H2. The van der Waals surface area contributed by atoms with Gasteiger partial charge in [-0.25, -0.2) is 0 Å². The lowest BCUT2D eigenvalue weighted by molar-refractivity contribution is 0.427. The van der Waals surface area contributed by atoms with Gasteiger partial charge in [0.1, 0.15) is 0 Å². The third-order valence-corrected chi connectivity index (χ3v) is 5.47. The summed E-state index contributed by atoms with van der Waals surface area (Å²) in [6.07, 6.45) is 3.41. The summed E-state index contributed by atoms with van der Waals surface area (Å²) in [6, 6.07) is 19.8. The van der Waals surface area contributed by atoms with Crippen LogP contribution >= 0.6 is 11.8 Å². The second kappa shape index (κ2) is 7.12. The van der Waals surface area contributed by atoms with Gasteiger partial charge in [-0.15, -0.1) is 11.8 Å². The highest BCUT2D eigenvalue weighted by atomic mass is 32.2. The lowest BCUT2D eigenvalue weighted by Crippen LogP contribution is -2.40. The Morgan fingerprint density at radius 2 is 1.86 bits per heavy atom. The molecule has 2 aromatic carbocycles. The van der Waals surface area contributed by atoms with Gasteiger partial charge in [0.15, 0.2) is 0 Å². The lowest BCUT2D eigenvalue weighted by Gasteiger charge is -2.23. The first-order valence-electron chi connectivity index (χ1n) is 7.60. The normalized spacial score (nSPS) is 18.4. The van der Waals surface area contributed by atoms with Crippen molar-refractivity contribution in [1.29, 1.82) is 0 Å². The molecule has 2 unspecified atom stereocenters. The number of hydrogen-bond acceptors (Lipinski definition) is 3. The van der Waals surface area contributed by atoms with Crippen molar-refractivity contribution < 1.29 is 0 Å². The Hall–Kier alpha value is -1.29. The molecule has 3 heteroatoms. The Bertz CT molecular complexity index is 570. The highest BCUT2D eigenvalue weighted by molar-refractivity contribution is 7.99. The van der Waals surface area contributed by atoms with Crippen molar-refractivity contribution in [2.75, 3.05) is 5.75 Å². The maximum Gasteiger partial charge on any atom is 0.0287 e. The summed E-state index contributed by atoms with van der Waals surface area (Å²) in [6.45, 7) is 0. The fourth-order valence-corrected chi connectivity index (χ4v) is 4.42. The third-order valence-electron chi connectivity index (χ3n) is 4.26. The molecule has 1 heterocycles. The molecule has 2 atom stereocenters. The molecule has 0 amide bonds. The van der Waals surface area contributed by atoms with E-state index < -0.39 is 0 Å². The summed E-state index contributed by atoms with van der Waals surface area (Å²) < 4.78 is 0. The molecule has 0 aromatic heterocycles. The molecule has 21 heavy (non-hydrogen) atoms. The molecule has 0 fully saturated rings. The van der Waals surface area contributed by atoms with Crippen LogP contribution < -0.4 is 11.3 Å². The Labute approximate surface area is 131 Å². The summed E-state index contributed by atoms with van der Waals surface area (Å²) in [5, 5.41) is 0. The monoisotopic (exact) mass is 298 g/mol. The van der Waals surface area contributed by atoms with Crippen molar-refractivity contribution in [3.63, 3.8) is 0 Å². The van der Waals surface area contributed by atoms with Crippen LogP contribution in [0.1, 0.15) is 29.9 Å². The van der Waals surface area contributed by atoms with Crippen LogP contribution in [-0.2, 0) is 6.42 Å². The number of nitrogens with one attached hydrogen (secondary N) is 1. The van der Waals surface area contributed by atoms with E-state index >= 15 is 0 Å². The van der Waals surface area contributed by atoms with Crippen LogP contribution in [0.15, 0.2) is 59.5 Å². The van der Waals surface area contributed by atoms with E-state index in [1.54, 1.807) is 0 Å². The summed E-state index contributed by atoms with van der Waals surface area (Å²) in [5.74, 6) is 7.50. The van der Waals surface area contributed by atoms with Crippen LogP contribution in [0.3, 0.4) is 0 Å². The molecule has 0 saturated heterocycles. The van der Waals surface area contributed by atoms with Crippen LogP contribution in [0.4, 0.5) is 0 Å². The van der Waals surface area contributed by atoms with Crippen molar-refractivity contribution in [3.8, 4) is 0 Å². The quantitative estimate of drug-likeness (QED) is 0.630. The Morgan fingerprint density at radius 1 is 1.10 bits per heavy atom. The van der Waals surface area contributed by atoms with Gasteiger partial charge in [0.25, 0.3) is 0 Å². The first-order chi connectivity index (χ1) is 10.4. The summed E-state index contributed by atoms with van der Waals surface area (Å²) in [4.78, 5) is 1.42. The highest BCUT2D eigenvalue weighted by Crippen LogP contribution is 2.41. The highest BCUT2D eigenvalue weighted by Gasteiger charge is 2.29. The molecule has 3 N–H and O–H groups in total. The maximum atomic E-state index is 5.83. The van der Waals surface area contributed by atoms with Crippen LogP contribution in [0.2, 0.25) is 0 Å². The minimum Gasteiger partial charge on any atom is -0.271 e. The largest absolute Gasteiger partial charge is 0.271 e. The van der Waals surface area contributed by atoms with E-state index in [1.165, 1.54) is 22.4 Å². The van der Waals surface area contributed by atoms with Crippen molar-refractivity contribution in [1.82, 2.24) is 5.43 Å². The fraction of sp³-hybridized carbons (Fsp3) is 0.333. The average molecular weight is 298 g/mol. The van der Waals surface area contributed by atoms with E-state index in [-0.39, 0.29) is 0 Å². The van der Waals surface area contributed by atoms with Gasteiger partial charge in [-0.1, -0.05) is 48.5 Å². The van der Waals surface area contributed by atoms with Gasteiger partial charge >= 0.3 is 0 Å². The molecule has 2 aromatic rings. The predicted octanol–water partition coefficient (Wildman–Crippen LogP) is 3.73. The number of aryl methyl sites for hydroxylation is 1. The van der Waals surface area contributed by atoms with Gasteiger partial charge in [-0.3, -0.25) is 11.3 Å². The van der Waals surface area contributed by atoms with Gasteiger partial charge in [-0.2, -0.15) is 0 Å². The predicted molar refractivity (Wildman–Crippen MR) is 90.4 cm³/mol. The van der Waals surface area contributed by atoms with E-state index in [2.05, 4.69) is 60.0 Å². The third kappa shape index (κ3) is 3.49. The first kappa shape index (κ1) is 14.6. The van der Waals surface area contributed by atoms with Gasteiger partial charge < -0.3 is 0 Å². The van der Waals surface area contributed by atoms with Gasteiger partial charge in [0, 0.05) is 22.6 Å². The second-order valence-electron chi connectivity index (χ2n) is 5.61.